The van der Waals surface area contributed by atoms with Gasteiger partial charge in [-0.3, -0.25) is 4.90 Å². The van der Waals surface area contributed by atoms with Crippen molar-refractivity contribution < 1.29 is 9.15 Å². The van der Waals surface area contributed by atoms with Crippen LogP contribution in [0.2, 0.25) is 0 Å². The molecule has 0 radical (unpaired) electrons. The van der Waals surface area contributed by atoms with E-state index in [9.17, 15) is 0 Å². The van der Waals surface area contributed by atoms with Gasteiger partial charge in [-0.15, -0.1) is 0 Å². The van der Waals surface area contributed by atoms with Gasteiger partial charge in [0.05, 0.1) is 18.9 Å². The van der Waals surface area contributed by atoms with Gasteiger partial charge in [0.2, 0.25) is 0 Å². The van der Waals surface area contributed by atoms with Crippen molar-refractivity contribution in [3.63, 3.8) is 0 Å². The molecular weight excluding hydrogens is 216 g/mol. The Morgan fingerprint density at radius 2 is 2.35 bits per heavy atom. The van der Waals surface area contributed by atoms with E-state index in [-0.39, 0.29) is 12.1 Å². The third kappa shape index (κ3) is 3.09. The highest BCUT2D eigenvalue weighted by atomic mass is 16.5. The molecule has 1 aliphatic carbocycles. The minimum absolute atomic E-state index is 0.0543. The van der Waals surface area contributed by atoms with E-state index < -0.39 is 0 Å². The van der Waals surface area contributed by atoms with Gasteiger partial charge in [0.15, 0.2) is 0 Å². The number of hydrogen-bond donors (Lipinski definition) is 1. The second-order valence-corrected chi connectivity index (χ2v) is 4.78. The zero-order valence-electron chi connectivity index (χ0n) is 10.6. The highest BCUT2D eigenvalue weighted by Crippen LogP contribution is 2.35. The molecule has 2 rings (SSSR count). The van der Waals surface area contributed by atoms with Gasteiger partial charge in [0.25, 0.3) is 0 Å². The molecule has 1 aliphatic rings. The molecule has 4 heteroatoms. The van der Waals surface area contributed by atoms with Gasteiger partial charge in [0.1, 0.15) is 5.76 Å². The first kappa shape index (κ1) is 12.6. The lowest BCUT2D eigenvalue weighted by atomic mass is 10.1. The number of methoxy groups -OCH3 is 1. The molecule has 17 heavy (non-hydrogen) atoms. The number of nitrogens with zero attached hydrogens (tertiary/aromatic N) is 1. The molecule has 0 aliphatic heterocycles. The van der Waals surface area contributed by atoms with Crippen LogP contribution in [0.1, 0.15) is 31.6 Å². The van der Waals surface area contributed by atoms with Crippen LogP contribution < -0.4 is 5.73 Å². The first-order valence-electron chi connectivity index (χ1n) is 6.27. The molecule has 2 atom stereocenters. The summed E-state index contributed by atoms with van der Waals surface area (Å²) < 4.78 is 10.7. The molecule has 4 nitrogen and oxygen atoms in total. The highest BCUT2D eigenvalue weighted by molar-refractivity contribution is 5.09. The van der Waals surface area contributed by atoms with Crippen molar-refractivity contribution in [1.29, 1.82) is 0 Å². The molecule has 0 spiro atoms. The molecule has 1 saturated carbocycles. The van der Waals surface area contributed by atoms with Gasteiger partial charge in [-0.1, -0.05) is 0 Å². The Labute approximate surface area is 103 Å². The monoisotopic (exact) mass is 238 g/mol. The zero-order valence-corrected chi connectivity index (χ0v) is 10.6. The van der Waals surface area contributed by atoms with Gasteiger partial charge in [-0.2, -0.15) is 0 Å². The van der Waals surface area contributed by atoms with E-state index in [1.165, 1.54) is 12.8 Å². The van der Waals surface area contributed by atoms with Crippen molar-refractivity contribution in [3.8, 4) is 0 Å². The van der Waals surface area contributed by atoms with Crippen LogP contribution in [0.25, 0.3) is 0 Å². The minimum atomic E-state index is 0.0543. The Hall–Kier alpha value is -0.840. The Morgan fingerprint density at radius 3 is 2.82 bits per heavy atom. The molecule has 1 aromatic heterocycles. The van der Waals surface area contributed by atoms with Crippen LogP contribution in [0.15, 0.2) is 22.8 Å². The standard InChI is InChI=1S/C13H22N2O2/c1-10(14)13(12-4-3-8-17-12)15(7-9-16-2)11-5-6-11/h3-4,8,10-11,13H,5-7,9,14H2,1-2H3. The number of ether oxygens (including phenoxy) is 1. The normalized spacial score (nSPS) is 19.5. The van der Waals surface area contributed by atoms with Crippen LogP contribution in [0.4, 0.5) is 0 Å². The van der Waals surface area contributed by atoms with Crippen LogP contribution >= 0.6 is 0 Å². The average Bonchev–Trinajstić information content (AvgIpc) is 3.00. The quantitative estimate of drug-likeness (QED) is 0.786. The molecule has 0 bridgehead atoms. The topological polar surface area (TPSA) is 51.6 Å². The summed E-state index contributed by atoms with van der Waals surface area (Å²) in [5, 5.41) is 0. The van der Waals surface area contributed by atoms with E-state index in [1.54, 1.807) is 13.4 Å². The highest BCUT2D eigenvalue weighted by Gasteiger charge is 2.37. The Morgan fingerprint density at radius 1 is 1.59 bits per heavy atom. The fraction of sp³-hybridized carbons (Fsp3) is 0.692. The van der Waals surface area contributed by atoms with Crippen LogP contribution in [-0.2, 0) is 4.74 Å². The second-order valence-electron chi connectivity index (χ2n) is 4.78. The number of furan rings is 1. The lowest BCUT2D eigenvalue weighted by Crippen LogP contribution is -2.42. The fourth-order valence-corrected chi connectivity index (χ4v) is 2.34. The summed E-state index contributed by atoms with van der Waals surface area (Å²) in [5.74, 6) is 0.961. The third-order valence-corrected chi connectivity index (χ3v) is 3.26. The molecule has 0 aromatic carbocycles. The largest absolute Gasteiger partial charge is 0.468 e. The predicted molar refractivity (Wildman–Crippen MR) is 66.7 cm³/mol. The zero-order chi connectivity index (χ0) is 12.3. The number of nitrogens with two attached hydrogens (primary N) is 1. The van der Waals surface area contributed by atoms with Crippen molar-refractivity contribution in [1.82, 2.24) is 4.90 Å². The maximum Gasteiger partial charge on any atom is 0.122 e. The summed E-state index contributed by atoms with van der Waals surface area (Å²) in [6.07, 6.45) is 4.23. The van der Waals surface area contributed by atoms with Gasteiger partial charge >= 0.3 is 0 Å². The van der Waals surface area contributed by atoms with Crippen LogP contribution in [-0.4, -0.2) is 37.2 Å². The third-order valence-electron chi connectivity index (χ3n) is 3.26. The minimum Gasteiger partial charge on any atom is -0.468 e. The Kier molecular flexibility index (Phi) is 4.20. The van der Waals surface area contributed by atoms with E-state index in [0.29, 0.717) is 6.04 Å². The molecule has 0 saturated heterocycles. The summed E-state index contributed by atoms with van der Waals surface area (Å²) in [7, 11) is 1.73. The lowest BCUT2D eigenvalue weighted by Gasteiger charge is -2.32. The number of rotatable bonds is 7. The van der Waals surface area contributed by atoms with Gasteiger partial charge in [-0.05, 0) is 31.9 Å². The second kappa shape index (κ2) is 5.67. The SMILES string of the molecule is COCCN(C1CC1)C(c1ccco1)C(C)N. The van der Waals surface area contributed by atoms with Gasteiger partial charge in [-0.25, -0.2) is 0 Å². The van der Waals surface area contributed by atoms with Crippen molar-refractivity contribution in [2.24, 2.45) is 5.73 Å². The average molecular weight is 238 g/mol. The Bertz CT molecular complexity index is 320. The first-order valence-corrected chi connectivity index (χ1v) is 6.27. The lowest BCUT2D eigenvalue weighted by molar-refractivity contribution is 0.0943. The number of hydrogen-bond acceptors (Lipinski definition) is 4. The molecule has 1 fully saturated rings. The Balaban J connectivity index is 2.11. The summed E-state index contributed by atoms with van der Waals surface area (Å²) in [4.78, 5) is 2.42. The van der Waals surface area contributed by atoms with Crippen LogP contribution in [0.3, 0.4) is 0 Å². The summed E-state index contributed by atoms with van der Waals surface area (Å²) in [5.41, 5.74) is 6.12. The molecule has 1 aromatic rings. The molecular formula is C13H22N2O2. The maximum atomic E-state index is 6.12. The van der Waals surface area contributed by atoms with E-state index >= 15 is 0 Å². The molecule has 2 N–H and O–H groups in total. The van der Waals surface area contributed by atoms with Crippen molar-refractivity contribution >= 4 is 0 Å². The van der Waals surface area contributed by atoms with Crippen LogP contribution in [0.5, 0.6) is 0 Å². The van der Waals surface area contributed by atoms with Crippen molar-refractivity contribution in [3.05, 3.63) is 24.2 Å². The smallest absolute Gasteiger partial charge is 0.122 e. The van der Waals surface area contributed by atoms with Gasteiger partial charge < -0.3 is 14.9 Å². The van der Waals surface area contributed by atoms with E-state index in [0.717, 1.165) is 18.9 Å². The van der Waals surface area contributed by atoms with E-state index in [4.69, 9.17) is 14.9 Å². The van der Waals surface area contributed by atoms with Gasteiger partial charge in [0, 0.05) is 25.7 Å². The van der Waals surface area contributed by atoms with Crippen LogP contribution in [0, 0.1) is 0 Å². The fourth-order valence-electron chi connectivity index (χ4n) is 2.34. The molecule has 0 amide bonds. The summed E-state index contributed by atoms with van der Waals surface area (Å²) >= 11 is 0. The molecule has 2 unspecified atom stereocenters. The maximum absolute atomic E-state index is 6.12. The van der Waals surface area contributed by atoms with Crippen molar-refractivity contribution in [2.45, 2.75) is 37.9 Å². The predicted octanol–water partition coefficient (Wildman–Crippen LogP) is 1.78. The van der Waals surface area contributed by atoms with E-state index in [1.807, 2.05) is 19.1 Å². The summed E-state index contributed by atoms with van der Waals surface area (Å²) in [6, 6.07) is 4.79. The first-order chi connectivity index (χ1) is 8.24. The molecule has 96 valence electrons. The van der Waals surface area contributed by atoms with E-state index in [2.05, 4.69) is 4.90 Å². The summed E-state index contributed by atoms with van der Waals surface area (Å²) in [6.45, 7) is 3.68. The van der Waals surface area contributed by atoms with Crippen molar-refractivity contribution in [2.75, 3.05) is 20.3 Å². The molecule has 1 heterocycles.